The van der Waals surface area contributed by atoms with Gasteiger partial charge in [-0.1, -0.05) is 0 Å². The number of rotatable bonds is 6. The highest BCUT2D eigenvalue weighted by molar-refractivity contribution is 7.89. The van der Waals surface area contributed by atoms with E-state index in [-0.39, 0.29) is 4.90 Å². The first-order valence-electron chi connectivity index (χ1n) is 6.24. The molecular formula is C12H17N5O2S. The minimum atomic E-state index is -3.58. The van der Waals surface area contributed by atoms with Gasteiger partial charge in [-0.3, -0.25) is 5.10 Å². The van der Waals surface area contributed by atoms with Crippen LogP contribution in [0, 0.1) is 0 Å². The summed E-state index contributed by atoms with van der Waals surface area (Å²) in [6.07, 6.45) is 1.34. The highest BCUT2D eigenvalue weighted by Crippen LogP contribution is 2.16. The number of hydrogen-bond acceptors (Lipinski definition) is 5. The zero-order valence-electron chi connectivity index (χ0n) is 11.3. The summed E-state index contributed by atoms with van der Waals surface area (Å²) in [5, 5.41) is 9.45. The summed E-state index contributed by atoms with van der Waals surface area (Å²) in [5.74, 6) is 0.470. The molecule has 20 heavy (non-hydrogen) atoms. The summed E-state index contributed by atoms with van der Waals surface area (Å²) in [6.45, 7) is 4.46. The molecule has 2 rings (SSSR count). The molecule has 1 atom stereocenters. The predicted octanol–water partition coefficient (Wildman–Crippen LogP) is 1.28. The number of nitrogens with one attached hydrogen (secondary N) is 3. The smallest absolute Gasteiger partial charge is 0.241 e. The number of sulfonamides is 1. The Morgan fingerprint density at radius 1 is 1.30 bits per heavy atom. The fourth-order valence-electron chi connectivity index (χ4n) is 1.74. The largest absolute Gasteiger partial charge is 0.385 e. The van der Waals surface area contributed by atoms with Gasteiger partial charge in [-0.15, -0.1) is 0 Å². The quantitative estimate of drug-likeness (QED) is 0.745. The molecule has 0 aliphatic rings. The number of hydrogen-bond donors (Lipinski definition) is 3. The fourth-order valence-corrected chi connectivity index (χ4v) is 2.94. The standard InChI is InChI=1S/C12H17N5O2S/c1-3-13-10-4-6-11(7-5-10)20(18,19)17-9(2)12-14-8-15-16-12/h4-9,13,17H,3H2,1-2H3,(H,14,15,16). The lowest BCUT2D eigenvalue weighted by molar-refractivity contribution is 0.560. The fraction of sp³-hybridized carbons (Fsp3) is 0.333. The van der Waals surface area contributed by atoms with E-state index in [0.29, 0.717) is 5.82 Å². The summed E-state index contributed by atoms with van der Waals surface area (Å²) in [7, 11) is -3.58. The Morgan fingerprint density at radius 2 is 2.00 bits per heavy atom. The van der Waals surface area contributed by atoms with Gasteiger partial charge in [0.15, 0.2) is 0 Å². The third-order valence-electron chi connectivity index (χ3n) is 2.72. The Morgan fingerprint density at radius 3 is 2.55 bits per heavy atom. The van der Waals surface area contributed by atoms with Crippen molar-refractivity contribution >= 4 is 15.7 Å². The van der Waals surface area contributed by atoms with Crippen molar-refractivity contribution in [2.24, 2.45) is 0 Å². The van der Waals surface area contributed by atoms with E-state index in [2.05, 4.69) is 25.2 Å². The first-order valence-corrected chi connectivity index (χ1v) is 7.73. The van der Waals surface area contributed by atoms with Gasteiger partial charge >= 0.3 is 0 Å². The van der Waals surface area contributed by atoms with Gasteiger partial charge in [0.05, 0.1) is 10.9 Å². The van der Waals surface area contributed by atoms with Gasteiger partial charge in [0.25, 0.3) is 0 Å². The lowest BCUT2D eigenvalue weighted by Gasteiger charge is -2.12. The maximum absolute atomic E-state index is 12.2. The van der Waals surface area contributed by atoms with Crippen LogP contribution in [0.15, 0.2) is 35.5 Å². The Kier molecular flexibility index (Phi) is 4.35. The lowest BCUT2D eigenvalue weighted by atomic mass is 10.3. The molecule has 3 N–H and O–H groups in total. The predicted molar refractivity (Wildman–Crippen MR) is 75.7 cm³/mol. The summed E-state index contributed by atoms with van der Waals surface area (Å²) < 4.78 is 27.0. The number of aromatic amines is 1. The summed E-state index contributed by atoms with van der Waals surface area (Å²) in [6, 6.07) is 6.12. The van der Waals surface area contributed by atoms with Gasteiger partial charge in [-0.25, -0.2) is 18.1 Å². The van der Waals surface area contributed by atoms with Crippen molar-refractivity contribution in [1.82, 2.24) is 19.9 Å². The van der Waals surface area contributed by atoms with Crippen molar-refractivity contribution in [2.75, 3.05) is 11.9 Å². The zero-order valence-corrected chi connectivity index (χ0v) is 12.1. The second kappa shape index (κ2) is 6.02. The maximum atomic E-state index is 12.2. The summed E-state index contributed by atoms with van der Waals surface area (Å²) in [4.78, 5) is 4.14. The zero-order chi connectivity index (χ0) is 14.6. The van der Waals surface area contributed by atoms with Crippen LogP contribution in [0.3, 0.4) is 0 Å². The second-order valence-electron chi connectivity index (χ2n) is 4.27. The van der Waals surface area contributed by atoms with Crippen LogP contribution < -0.4 is 10.0 Å². The van der Waals surface area contributed by atoms with Crippen LogP contribution in [0.5, 0.6) is 0 Å². The van der Waals surface area contributed by atoms with E-state index in [0.717, 1.165) is 12.2 Å². The van der Waals surface area contributed by atoms with Crippen molar-refractivity contribution in [2.45, 2.75) is 24.8 Å². The van der Waals surface area contributed by atoms with E-state index in [9.17, 15) is 8.42 Å². The molecular weight excluding hydrogens is 278 g/mol. The summed E-state index contributed by atoms with van der Waals surface area (Å²) in [5.41, 5.74) is 0.884. The molecule has 2 aromatic rings. The summed E-state index contributed by atoms with van der Waals surface area (Å²) >= 11 is 0. The highest BCUT2D eigenvalue weighted by atomic mass is 32.2. The van der Waals surface area contributed by atoms with E-state index < -0.39 is 16.1 Å². The number of benzene rings is 1. The van der Waals surface area contributed by atoms with Crippen molar-refractivity contribution < 1.29 is 8.42 Å². The van der Waals surface area contributed by atoms with E-state index in [1.165, 1.54) is 6.33 Å². The molecule has 1 aromatic heterocycles. The van der Waals surface area contributed by atoms with Gasteiger partial charge in [0.1, 0.15) is 12.2 Å². The molecule has 0 bridgehead atoms. The highest BCUT2D eigenvalue weighted by Gasteiger charge is 2.19. The average Bonchev–Trinajstić information content (AvgIpc) is 2.93. The van der Waals surface area contributed by atoms with Crippen LogP contribution in [-0.4, -0.2) is 30.1 Å². The third-order valence-corrected chi connectivity index (χ3v) is 4.28. The van der Waals surface area contributed by atoms with Gasteiger partial charge in [-0.2, -0.15) is 5.10 Å². The average molecular weight is 295 g/mol. The first kappa shape index (κ1) is 14.5. The van der Waals surface area contributed by atoms with Crippen LogP contribution in [0.2, 0.25) is 0 Å². The molecule has 8 heteroatoms. The maximum Gasteiger partial charge on any atom is 0.241 e. The van der Waals surface area contributed by atoms with Crippen LogP contribution in [-0.2, 0) is 10.0 Å². The number of anilines is 1. The molecule has 0 aliphatic carbocycles. The lowest BCUT2D eigenvalue weighted by Crippen LogP contribution is -2.27. The van der Waals surface area contributed by atoms with Crippen LogP contribution >= 0.6 is 0 Å². The van der Waals surface area contributed by atoms with Crippen LogP contribution in [0.25, 0.3) is 0 Å². The monoisotopic (exact) mass is 295 g/mol. The van der Waals surface area contributed by atoms with E-state index >= 15 is 0 Å². The molecule has 0 radical (unpaired) electrons. The molecule has 7 nitrogen and oxygen atoms in total. The number of H-pyrrole nitrogens is 1. The molecule has 0 saturated heterocycles. The molecule has 1 heterocycles. The molecule has 108 valence electrons. The Labute approximate surface area is 117 Å². The first-order chi connectivity index (χ1) is 9.53. The molecule has 0 aliphatic heterocycles. The van der Waals surface area contributed by atoms with E-state index in [1.54, 1.807) is 31.2 Å². The molecule has 0 amide bonds. The van der Waals surface area contributed by atoms with E-state index in [4.69, 9.17) is 0 Å². The van der Waals surface area contributed by atoms with Crippen molar-refractivity contribution in [3.63, 3.8) is 0 Å². The van der Waals surface area contributed by atoms with Gasteiger partial charge < -0.3 is 5.32 Å². The number of nitrogens with zero attached hydrogens (tertiary/aromatic N) is 2. The molecule has 0 saturated carbocycles. The number of aromatic nitrogens is 3. The minimum Gasteiger partial charge on any atom is -0.385 e. The van der Waals surface area contributed by atoms with Gasteiger partial charge in [0, 0.05) is 12.2 Å². The molecule has 1 aromatic carbocycles. The SMILES string of the molecule is CCNc1ccc(S(=O)(=O)NC(C)c2ncn[nH]2)cc1. The second-order valence-corrected chi connectivity index (χ2v) is 5.98. The topological polar surface area (TPSA) is 99.8 Å². The Balaban J connectivity index is 2.13. The Hall–Kier alpha value is -1.93. The minimum absolute atomic E-state index is 0.213. The Bertz CT molecular complexity index is 637. The van der Waals surface area contributed by atoms with Crippen molar-refractivity contribution in [1.29, 1.82) is 0 Å². The van der Waals surface area contributed by atoms with E-state index in [1.807, 2.05) is 6.92 Å². The molecule has 0 spiro atoms. The third kappa shape index (κ3) is 3.34. The van der Waals surface area contributed by atoms with Gasteiger partial charge in [-0.05, 0) is 38.1 Å². The van der Waals surface area contributed by atoms with Crippen molar-refractivity contribution in [3.8, 4) is 0 Å². The van der Waals surface area contributed by atoms with Crippen LogP contribution in [0.1, 0.15) is 25.7 Å². The molecule has 0 fully saturated rings. The molecule has 1 unspecified atom stereocenters. The van der Waals surface area contributed by atoms with Crippen molar-refractivity contribution in [3.05, 3.63) is 36.4 Å². The van der Waals surface area contributed by atoms with Crippen LogP contribution in [0.4, 0.5) is 5.69 Å². The van der Waals surface area contributed by atoms with Gasteiger partial charge in [0.2, 0.25) is 10.0 Å². The normalized spacial score (nSPS) is 13.1.